The van der Waals surface area contributed by atoms with Crippen LogP contribution in [-0.4, -0.2) is 11.1 Å². The largest absolute Gasteiger partial charge is 0.368 e. The third kappa shape index (κ3) is 1.56. The quantitative estimate of drug-likeness (QED) is 0.696. The predicted octanol–water partition coefficient (Wildman–Crippen LogP) is 3.63. The molecule has 86 valence electrons. The van der Waals surface area contributed by atoms with E-state index in [4.69, 9.17) is 16.3 Å². The number of aromatic nitrogens is 1. The first kappa shape index (κ1) is 10.5. The molecule has 2 unspecified atom stereocenters. The van der Waals surface area contributed by atoms with Crippen LogP contribution in [0.5, 0.6) is 0 Å². The maximum Gasteiger partial charge on any atom is 0.129 e. The van der Waals surface area contributed by atoms with Crippen LogP contribution in [0.1, 0.15) is 55.5 Å². The van der Waals surface area contributed by atoms with Gasteiger partial charge >= 0.3 is 0 Å². The Kier molecular flexibility index (Phi) is 2.45. The average molecular weight is 238 g/mol. The second kappa shape index (κ2) is 3.71. The normalized spacial score (nSPS) is 27.2. The SMILES string of the molecule is CC(C)c1cc(Cl)nc2c1CC1CCC2O1. The van der Waals surface area contributed by atoms with Crippen LogP contribution < -0.4 is 0 Å². The summed E-state index contributed by atoms with van der Waals surface area (Å²) < 4.78 is 5.89. The summed E-state index contributed by atoms with van der Waals surface area (Å²) in [7, 11) is 0. The molecule has 2 nitrogen and oxygen atoms in total. The fourth-order valence-electron chi connectivity index (χ4n) is 2.87. The van der Waals surface area contributed by atoms with E-state index in [2.05, 4.69) is 18.8 Å². The Morgan fingerprint density at radius 3 is 3.00 bits per heavy atom. The van der Waals surface area contributed by atoms with E-state index in [-0.39, 0.29) is 6.10 Å². The topological polar surface area (TPSA) is 22.1 Å². The number of nitrogens with zero attached hydrogens (tertiary/aromatic N) is 1. The summed E-state index contributed by atoms with van der Waals surface area (Å²) in [5, 5.41) is 0.608. The molecule has 2 aliphatic rings. The lowest BCUT2D eigenvalue weighted by atomic mass is 9.92. The minimum Gasteiger partial charge on any atom is -0.368 e. The van der Waals surface area contributed by atoms with Crippen LogP contribution in [0.4, 0.5) is 0 Å². The molecule has 3 heterocycles. The van der Waals surface area contributed by atoms with E-state index in [1.165, 1.54) is 11.1 Å². The number of halogens is 1. The zero-order chi connectivity index (χ0) is 11.3. The predicted molar refractivity (Wildman–Crippen MR) is 63.9 cm³/mol. The van der Waals surface area contributed by atoms with Crippen molar-refractivity contribution in [1.29, 1.82) is 0 Å². The lowest BCUT2D eigenvalue weighted by molar-refractivity contribution is 0.0291. The standard InChI is InChI=1S/C13H16ClNO/c1-7(2)9-6-12(14)15-13-10(9)5-8-3-4-11(13)16-8/h6-8,11H,3-5H2,1-2H3. The van der Waals surface area contributed by atoms with Crippen LogP contribution in [0.25, 0.3) is 0 Å². The zero-order valence-electron chi connectivity index (χ0n) is 9.66. The van der Waals surface area contributed by atoms with Gasteiger partial charge < -0.3 is 4.74 Å². The van der Waals surface area contributed by atoms with E-state index in [1.54, 1.807) is 0 Å². The third-order valence-corrected chi connectivity index (χ3v) is 3.82. The van der Waals surface area contributed by atoms with Gasteiger partial charge in [-0.05, 0) is 36.0 Å². The van der Waals surface area contributed by atoms with E-state index in [1.807, 2.05) is 6.07 Å². The first-order valence-electron chi connectivity index (χ1n) is 6.00. The lowest BCUT2D eigenvalue weighted by Crippen LogP contribution is -2.21. The molecule has 2 aliphatic heterocycles. The Morgan fingerprint density at radius 1 is 1.44 bits per heavy atom. The van der Waals surface area contributed by atoms with E-state index in [9.17, 15) is 0 Å². The Balaban J connectivity index is 2.16. The van der Waals surface area contributed by atoms with Gasteiger partial charge in [-0.1, -0.05) is 25.4 Å². The Hall–Kier alpha value is -0.600. The number of fused-ring (bicyclic) bond motifs is 4. The van der Waals surface area contributed by atoms with Gasteiger partial charge in [-0.2, -0.15) is 0 Å². The molecule has 1 saturated heterocycles. The van der Waals surface area contributed by atoms with Gasteiger partial charge in [0.2, 0.25) is 0 Å². The van der Waals surface area contributed by atoms with Crippen molar-refractivity contribution < 1.29 is 4.74 Å². The average Bonchev–Trinajstić information content (AvgIpc) is 2.62. The number of hydrogen-bond acceptors (Lipinski definition) is 2. The summed E-state index contributed by atoms with van der Waals surface area (Å²) >= 11 is 6.10. The van der Waals surface area contributed by atoms with Crippen molar-refractivity contribution in [3.05, 3.63) is 28.0 Å². The molecule has 0 N–H and O–H groups in total. The molecule has 0 aliphatic carbocycles. The summed E-state index contributed by atoms with van der Waals surface area (Å²) in [5.41, 5.74) is 3.86. The van der Waals surface area contributed by atoms with Crippen LogP contribution in [0, 0.1) is 0 Å². The molecule has 2 atom stereocenters. The van der Waals surface area contributed by atoms with Gasteiger partial charge in [0.15, 0.2) is 0 Å². The molecule has 1 fully saturated rings. The van der Waals surface area contributed by atoms with Crippen LogP contribution in [0.3, 0.4) is 0 Å². The second-order valence-corrected chi connectivity index (χ2v) is 5.47. The maximum absolute atomic E-state index is 6.10. The molecule has 0 radical (unpaired) electrons. The Labute approximate surface area is 101 Å². The van der Waals surface area contributed by atoms with Crippen LogP contribution in [-0.2, 0) is 11.2 Å². The first-order valence-corrected chi connectivity index (χ1v) is 6.37. The fraction of sp³-hybridized carbons (Fsp3) is 0.615. The van der Waals surface area contributed by atoms with Crippen molar-refractivity contribution in [2.24, 2.45) is 0 Å². The number of pyridine rings is 1. The molecule has 0 spiro atoms. The van der Waals surface area contributed by atoms with E-state index in [0.29, 0.717) is 17.2 Å². The van der Waals surface area contributed by atoms with Gasteiger partial charge in [0.05, 0.1) is 11.8 Å². The smallest absolute Gasteiger partial charge is 0.129 e. The molecule has 1 aromatic heterocycles. The van der Waals surface area contributed by atoms with Crippen LogP contribution in [0.15, 0.2) is 6.07 Å². The zero-order valence-corrected chi connectivity index (χ0v) is 10.4. The minimum absolute atomic E-state index is 0.199. The number of rotatable bonds is 1. The van der Waals surface area contributed by atoms with Crippen molar-refractivity contribution in [3.63, 3.8) is 0 Å². The van der Waals surface area contributed by atoms with Crippen molar-refractivity contribution in [1.82, 2.24) is 4.98 Å². The first-order chi connectivity index (χ1) is 7.65. The van der Waals surface area contributed by atoms with Gasteiger partial charge in [0.1, 0.15) is 11.3 Å². The van der Waals surface area contributed by atoms with Gasteiger partial charge in [-0.15, -0.1) is 0 Å². The van der Waals surface area contributed by atoms with Gasteiger partial charge in [0, 0.05) is 6.42 Å². The molecule has 0 aromatic carbocycles. The molecule has 2 bridgehead atoms. The van der Waals surface area contributed by atoms with Crippen molar-refractivity contribution in [2.75, 3.05) is 0 Å². The summed E-state index contributed by atoms with van der Waals surface area (Å²) in [4.78, 5) is 4.48. The molecule has 3 heteroatoms. The Morgan fingerprint density at radius 2 is 2.25 bits per heavy atom. The van der Waals surface area contributed by atoms with Gasteiger partial charge in [-0.25, -0.2) is 4.98 Å². The number of ether oxygens (including phenoxy) is 1. The molecular formula is C13H16ClNO. The highest BCUT2D eigenvalue weighted by atomic mass is 35.5. The van der Waals surface area contributed by atoms with Gasteiger partial charge in [0.25, 0.3) is 0 Å². The molecule has 0 amide bonds. The highest BCUT2D eigenvalue weighted by molar-refractivity contribution is 6.29. The van der Waals surface area contributed by atoms with Crippen LogP contribution >= 0.6 is 11.6 Å². The van der Waals surface area contributed by atoms with Crippen LogP contribution in [0.2, 0.25) is 5.15 Å². The molecular weight excluding hydrogens is 222 g/mol. The van der Waals surface area contributed by atoms with E-state index in [0.717, 1.165) is 25.0 Å². The number of hydrogen-bond donors (Lipinski definition) is 0. The summed E-state index contributed by atoms with van der Waals surface area (Å²) in [6.45, 7) is 4.42. The van der Waals surface area contributed by atoms with Crippen molar-refractivity contribution >= 4 is 11.6 Å². The third-order valence-electron chi connectivity index (χ3n) is 3.63. The Bertz CT molecular complexity index is 430. The summed E-state index contributed by atoms with van der Waals surface area (Å²) in [6.07, 6.45) is 3.89. The van der Waals surface area contributed by atoms with E-state index < -0.39 is 0 Å². The second-order valence-electron chi connectivity index (χ2n) is 5.08. The molecule has 16 heavy (non-hydrogen) atoms. The molecule has 3 rings (SSSR count). The maximum atomic E-state index is 6.10. The monoisotopic (exact) mass is 237 g/mol. The fourth-order valence-corrected chi connectivity index (χ4v) is 3.08. The minimum atomic E-state index is 0.199. The van der Waals surface area contributed by atoms with Crippen molar-refractivity contribution in [2.45, 2.75) is 51.2 Å². The highest BCUT2D eigenvalue weighted by Crippen LogP contribution is 2.42. The van der Waals surface area contributed by atoms with Crippen molar-refractivity contribution in [3.8, 4) is 0 Å². The van der Waals surface area contributed by atoms with Gasteiger partial charge in [-0.3, -0.25) is 0 Å². The molecule has 1 aromatic rings. The molecule has 0 saturated carbocycles. The lowest BCUT2D eigenvalue weighted by Gasteiger charge is -2.26. The summed E-state index contributed by atoms with van der Waals surface area (Å²) in [6, 6.07) is 2.02. The summed E-state index contributed by atoms with van der Waals surface area (Å²) in [5.74, 6) is 0.506. The highest BCUT2D eigenvalue weighted by Gasteiger charge is 2.36. The van der Waals surface area contributed by atoms with E-state index >= 15 is 0 Å².